The summed E-state index contributed by atoms with van der Waals surface area (Å²) in [4.78, 5) is 34.6. The minimum Gasteiger partial charge on any atom is -0.324 e. The monoisotopic (exact) mass is 368 g/mol. The van der Waals surface area contributed by atoms with E-state index in [0.29, 0.717) is 15.9 Å². The van der Waals surface area contributed by atoms with Crippen LogP contribution in [0.3, 0.4) is 0 Å². The molecule has 8 heteroatoms. The number of halogens is 1. The predicted octanol–water partition coefficient (Wildman–Crippen LogP) is 3.35. The molecule has 0 saturated heterocycles. The fraction of sp³-hybridized carbons (Fsp3) is 0.111. The summed E-state index contributed by atoms with van der Waals surface area (Å²) in [6, 6.07) is 8.31. The van der Waals surface area contributed by atoms with E-state index in [4.69, 9.17) is 0 Å². The van der Waals surface area contributed by atoms with Crippen LogP contribution < -0.4 is 10.9 Å². The van der Waals surface area contributed by atoms with Gasteiger partial charge in [0.05, 0.1) is 11.8 Å². The van der Waals surface area contributed by atoms with Crippen molar-refractivity contribution in [2.45, 2.75) is 13.0 Å². The third-order valence-corrected chi connectivity index (χ3v) is 5.18. The number of carbonyl (C=O) groups excluding carboxylic acids is 1. The van der Waals surface area contributed by atoms with Crippen LogP contribution in [-0.2, 0) is 4.79 Å². The maximum atomic E-state index is 13.0. The Hall–Kier alpha value is -3.13. The smallest absolute Gasteiger partial charge is 0.272 e. The molecule has 0 aliphatic heterocycles. The van der Waals surface area contributed by atoms with Crippen LogP contribution in [0.2, 0.25) is 0 Å². The van der Waals surface area contributed by atoms with Gasteiger partial charge < -0.3 is 5.32 Å². The van der Waals surface area contributed by atoms with Crippen LogP contribution in [0.4, 0.5) is 10.1 Å². The van der Waals surface area contributed by atoms with E-state index in [1.54, 1.807) is 19.2 Å². The van der Waals surface area contributed by atoms with Gasteiger partial charge in [-0.05, 0) is 43.3 Å². The van der Waals surface area contributed by atoms with Gasteiger partial charge >= 0.3 is 0 Å². The fourth-order valence-electron chi connectivity index (χ4n) is 2.66. The average molecular weight is 368 g/mol. The summed E-state index contributed by atoms with van der Waals surface area (Å²) in [5.41, 5.74) is 0.752. The molecule has 0 fully saturated rings. The maximum absolute atomic E-state index is 13.0. The molecule has 1 amide bonds. The first-order valence-electron chi connectivity index (χ1n) is 7.85. The maximum Gasteiger partial charge on any atom is 0.272 e. The molecule has 3 heterocycles. The van der Waals surface area contributed by atoms with E-state index >= 15 is 0 Å². The van der Waals surface area contributed by atoms with Crippen molar-refractivity contribution in [3.05, 3.63) is 65.1 Å². The van der Waals surface area contributed by atoms with Crippen LogP contribution in [0.1, 0.15) is 13.0 Å². The van der Waals surface area contributed by atoms with Gasteiger partial charge in [0, 0.05) is 17.3 Å². The number of carbonyl (C=O) groups is 1. The number of aromatic nitrogens is 3. The van der Waals surface area contributed by atoms with Crippen LogP contribution in [-0.4, -0.2) is 20.4 Å². The fourth-order valence-corrected chi connectivity index (χ4v) is 3.70. The van der Waals surface area contributed by atoms with Crippen molar-refractivity contribution in [2.75, 3.05) is 5.32 Å². The molecule has 1 aromatic carbocycles. The van der Waals surface area contributed by atoms with Crippen molar-refractivity contribution in [3.63, 3.8) is 0 Å². The molecule has 0 radical (unpaired) electrons. The number of rotatable bonds is 3. The Kier molecular flexibility index (Phi) is 3.96. The molecular formula is C18H13FN4O2S. The molecule has 6 nitrogen and oxygen atoms in total. The highest BCUT2D eigenvalue weighted by atomic mass is 32.1. The average Bonchev–Trinajstić information content (AvgIpc) is 3.03. The number of pyridine rings is 1. The van der Waals surface area contributed by atoms with Crippen molar-refractivity contribution in [1.29, 1.82) is 0 Å². The van der Waals surface area contributed by atoms with Gasteiger partial charge in [0.2, 0.25) is 5.91 Å². The molecule has 4 rings (SSSR count). The number of benzene rings is 1. The minimum atomic E-state index is -0.775. The quantitative estimate of drug-likeness (QED) is 0.602. The van der Waals surface area contributed by atoms with Gasteiger partial charge in [-0.15, -0.1) is 11.3 Å². The molecule has 0 aliphatic rings. The van der Waals surface area contributed by atoms with Crippen molar-refractivity contribution in [2.24, 2.45) is 0 Å². The summed E-state index contributed by atoms with van der Waals surface area (Å²) in [5.74, 6) is -0.778. The number of anilines is 1. The standard InChI is InChI=1S/C18H13FN4O2S/c1-10(16(24)22-12-6-4-11(19)5-7-12)23-9-21-14-13-3-2-8-20-17(13)26-15(14)18(23)25/h2-10H,1H3,(H,22,24)/t10-/m1/s1. The van der Waals surface area contributed by atoms with Crippen molar-refractivity contribution < 1.29 is 9.18 Å². The highest BCUT2D eigenvalue weighted by Crippen LogP contribution is 2.28. The highest BCUT2D eigenvalue weighted by Gasteiger charge is 2.20. The van der Waals surface area contributed by atoms with Crippen LogP contribution in [0, 0.1) is 5.82 Å². The number of nitrogens with zero attached hydrogens (tertiary/aromatic N) is 3. The van der Waals surface area contributed by atoms with Gasteiger partial charge in [0.15, 0.2) is 0 Å². The van der Waals surface area contributed by atoms with Gasteiger partial charge in [-0.1, -0.05) is 0 Å². The van der Waals surface area contributed by atoms with E-state index in [9.17, 15) is 14.0 Å². The summed E-state index contributed by atoms with van der Waals surface area (Å²) in [6.07, 6.45) is 3.04. The third-order valence-electron chi connectivity index (χ3n) is 4.09. The van der Waals surface area contributed by atoms with E-state index in [2.05, 4.69) is 15.3 Å². The summed E-state index contributed by atoms with van der Waals surface area (Å²) in [7, 11) is 0. The lowest BCUT2D eigenvalue weighted by Crippen LogP contribution is -2.31. The lowest BCUT2D eigenvalue weighted by atomic mass is 10.2. The number of thiophene rings is 1. The summed E-state index contributed by atoms with van der Waals surface area (Å²) in [5, 5.41) is 3.49. The number of hydrogen-bond acceptors (Lipinski definition) is 5. The molecule has 0 bridgehead atoms. The van der Waals surface area contributed by atoms with Gasteiger partial charge in [0.1, 0.15) is 21.4 Å². The Labute approximate surface area is 150 Å². The zero-order valence-corrected chi connectivity index (χ0v) is 14.5. The zero-order chi connectivity index (χ0) is 18.3. The topological polar surface area (TPSA) is 76.9 Å². The van der Waals surface area contributed by atoms with E-state index in [1.165, 1.54) is 46.5 Å². The Morgan fingerprint density at radius 1 is 1.23 bits per heavy atom. The zero-order valence-electron chi connectivity index (χ0n) is 13.6. The number of nitrogens with one attached hydrogen (secondary N) is 1. The first-order valence-corrected chi connectivity index (χ1v) is 8.67. The SMILES string of the molecule is C[C@H](C(=O)Nc1ccc(F)cc1)n1cnc2c(sc3ncccc32)c1=O. The Morgan fingerprint density at radius 2 is 2.00 bits per heavy atom. The van der Waals surface area contributed by atoms with Crippen molar-refractivity contribution in [1.82, 2.24) is 14.5 Å². The summed E-state index contributed by atoms with van der Waals surface area (Å²) in [6.45, 7) is 1.61. The second-order valence-corrected chi connectivity index (χ2v) is 6.76. The Morgan fingerprint density at radius 3 is 2.77 bits per heavy atom. The van der Waals surface area contributed by atoms with Gasteiger partial charge in [-0.25, -0.2) is 14.4 Å². The molecule has 0 aliphatic carbocycles. The number of hydrogen-bond donors (Lipinski definition) is 1. The van der Waals surface area contributed by atoms with Gasteiger partial charge in [0.25, 0.3) is 5.56 Å². The summed E-state index contributed by atoms with van der Waals surface area (Å²) >= 11 is 1.26. The third kappa shape index (κ3) is 2.74. The first kappa shape index (κ1) is 16.3. The van der Waals surface area contributed by atoms with E-state index < -0.39 is 6.04 Å². The molecule has 26 heavy (non-hydrogen) atoms. The van der Waals surface area contributed by atoms with Crippen LogP contribution in [0.5, 0.6) is 0 Å². The molecule has 130 valence electrons. The lowest BCUT2D eigenvalue weighted by Gasteiger charge is -2.14. The normalized spacial score (nSPS) is 12.4. The Balaban J connectivity index is 1.70. The largest absolute Gasteiger partial charge is 0.324 e. The van der Waals surface area contributed by atoms with Crippen molar-refractivity contribution in [3.8, 4) is 0 Å². The van der Waals surface area contributed by atoms with Crippen LogP contribution in [0.15, 0.2) is 53.7 Å². The van der Waals surface area contributed by atoms with Crippen LogP contribution in [0.25, 0.3) is 20.4 Å². The molecule has 0 spiro atoms. The predicted molar refractivity (Wildman–Crippen MR) is 98.9 cm³/mol. The van der Waals surface area contributed by atoms with Gasteiger partial charge in [-0.2, -0.15) is 0 Å². The first-order chi connectivity index (χ1) is 12.5. The number of fused-ring (bicyclic) bond motifs is 3. The van der Waals surface area contributed by atoms with Gasteiger partial charge in [-0.3, -0.25) is 14.2 Å². The van der Waals surface area contributed by atoms with Crippen LogP contribution >= 0.6 is 11.3 Å². The molecule has 0 unspecified atom stereocenters. The minimum absolute atomic E-state index is 0.292. The van der Waals surface area contributed by atoms with Crippen molar-refractivity contribution >= 4 is 43.4 Å². The van der Waals surface area contributed by atoms with E-state index in [0.717, 1.165) is 10.2 Å². The summed E-state index contributed by atoms with van der Waals surface area (Å²) < 4.78 is 14.7. The Bertz CT molecular complexity index is 1180. The molecule has 3 aromatic heterocycles. The number of amides is 1. The highest BCUT2D eigenvalue weighted by molar-refractivity contribution is 7.25. The molecule has 0 saturated carbocycles. The lowest BCUT2D eigenvalue weighted by molar-refractivity contribution is -0.118. The molecule has 1 atom stereocenters. The van der Waals surface area contributed by atoms with E-state index in [1.807, 2.05) is 6.07 Å². The molecule has 4 aromatic rings. The van der Waals surface area contributed by atoms with E-state index in [-0.39, 0.29) is 17.3 Å². The second-order valence-electron chi connectivity index (χ2n) is 5.77. The second kappa shape index (κ2) is 6.30. The molecule has 1 N–H and O–H groups in total. The molecular weight excluding hydrogens is 355 g/mol.